The van der Waals surface area contributed by atoms with Crippen LogP contribution in [0.4, 0.5) is 0 Å². The van der Waals surface area contributed by atoms with Crippen molar-refractivity contribution in [2.24, 2.45) is 0 Å². The van der Waals surface area contributed by atoms with Gasteiger partial charge in [0.1, 0.15) is 5.60 Å². The zero-order chi connectivity index (χ0) is 7.45. The Morgan fingerprint density at radius 1 is 1.30 bits per heavy atom. The molecule has 0 aliphatic heterocycles. The molecule has 0 amide bonds. The lowest BCUT2D eigenvalue weighted by Crippen LogP contribution is -2.27. The van der Waals surface area contributed by atoms with Crippen molar-refractivity contribution >= 4 is 0 Å². The topological polar surface area (TPSA) is 18.5 Å². The Hall–Kier alpha value is -0.0800. The molecule has 0 heterocycles. The Bertz CT molecular complexity index is 95.4. The van der Waals surface area contributed by atoms with E-state index < -0.39 is 0 Å². The standard InChI is InChI=1S/C8H16O2/c1-3-8(10-9-2)6-4-5-7-8/h3-7H2,1-2H3. The van der Waals surface area contributed by atoms with Crippen LogP contribution >= 0.6 is 0 Å². The van der Waals surface area contributed by atoms with Gasteiger partial charge < -0.3 is 0 Å². The molecule has 0 aromatic rings. The second-order valence-corrected chi connectivity index (χ2v) is 2.99. The third-order valence-corrected chi connectivity index (χ3v) is 2.42. The number of hydrogen-bond acceptors (Lipinski definition) is 2. The van der Waals surface area contributed by atoms with Crippen molar-refractivity contribution in [2.75, 3.05) is 7.11 Å². The van der Waals surface area contributed by atoms with Crippen molar-refractivity contribution in [3.8, 4) is 0 Å². The third kappa shape index (κ3) is 1.50. The van der Waals surface area contributed by atoms with Gasteiger partial charge in [0.15, 0.2) is 0 Å². The summed E-state index contributed by atoms with van der Waals surface area (Å²) in [6.07, 6.45) is 5.98. The van der Waals surface area contributed by atoms with Gasteiger partial charge in [-0.2, -0.15) is 0 Å². The summed E-state index contributed by atoms with van der Waals surface area (Å²) in [6.45, 7) is 2.16. The van der Waals surface area contributed by atoms with Crippen LogP contribution in [0.5, 0.6) is 0 Å². The van der Waals surface area contributed by atoms with Gasteiger partial charge >= 0.3 is 0 Å². The molecule has 0 unspecified atom stereocenters. The van der Waals surface area contributed by atoms with Crippen LogP contribution in [0.3, 0.4) is 0 Å². The van der Waals surface area contributed by atoms with Gasteiger partial charge in [0.2, 0.25) is 0 Å². The molecule has 0 spiro atoms. The van der Waals surface area contributed by atoms with Crippen LogP contribution in [0.1, 0.15) is 39.0 Å². The third-order valence-electron chi connectivity index (χ3n) is 2.42. The first-order valence-corrected chi connectivity index (χ1v) is 4.05. The van der Waals surface area contributed by atoms with Crippen LogP contribution in [0, 0.1) is 0 Å². The summed E-state index contributed by atoms with van der Waals surface area (Å²) in [5, 5.41) is 0. The minimum atomic E-state index is 0.0642. The van der Waals surface area contributed by atoms with Crippen molar-refractivity contribution in [3.63, 3.8) is 0 Å². The Morgan fingerprint density at radius 3 is 2.30 bits per heavy atom. The molecule has 1 rings (SSSR count). The summed E-state index contributed by atoms with van der Waals surface area (Å²) in [5.41, 5.74) is 0.0642. The molecule has 0 atom stereocenters. The minimum absolute atomic E-state index is 0.0642. The Labute approximate surface area is 62.4 Å². The van der Waals surface area contributed by atoms with Crippen LogP contribution in [0.25, 0.3) is 0 Å². The zero-order valence-electron chi connectivity index (χ0n) is 6.85. The van der Waals surface area contributed by atoms with Gasteiger partial charge in [-0.15, -0.1) is 0 Å². The van der Waals surface area contributed by atoms with Crippen molar-refractivity contribution in [2.45, 2.75) is 44.6 Å². The average Bonchev–Trinajstić information content (AvgIpc) is 2.39. The van der Waals surface area contributed by atoms with E-state index in [0.29, 0.717) is 0 Å². The Balaban J connectivity index is 2.41. The van der Waals surface area contributed by atoms with Gasteiger partial charge in [0, 0.05) is 0 Å². The molecule has 60 valence electrons. The molecule has 2 heteroatoms. The maximum atomic E-state index is 5.24. The highest BCUT2D eigenvalue weighted by Gasteiger charge is 2.33. The van der Waals surface area contributed by atoms with Gasteiger partial charge in [-0.25, -0.2) is 9.78 Å². The van der Waals surface area contributed by atoms with Gasteiger partial charge in [0.05, 0.1) is 7.11 Å². The summed E-state index contributed by atoms with van der Waals surface area (Å²) in [5.74, 6) is 0. The first-order valence-electron chi connectivity index (χ1n) is 4.05. The largest absolute Gasteiger partial charge is 0.240 e. The fraction of sp³-hybridized carbons (Fsp3) is 1.00. The molecule has 0 radical (unpaired) electrons. The first kappa shape index (κ1) is 8.02. The van der Waals surface area contributed by atoms with E-state index in [9.17, 15) is 0 Å². The zero-order valence-corrected chi connectivity index (χ0v) is 6.85. The van der Waals surface area contributed by atoms with Crippen LogP contribution in [-0.4, -0.2) is 12.7 Å². The summed E-state index contributed by atoms with van der Waals surface area (Å²) >= 11 is 0. The molecule has 0 aromatic heterocycles. The molecule has 0 N–H and O–H groups in total. The van der Waals surface area contributed by atoms with Crippen molar-refractivity contribution in [3.05, 3.63) is 0 Å². The van der Waals surface area contributed by atoms with E-state index in [0.717, 1.165) is 19.3 Å². The first-order chi connectivity index (χ1) is 4.83. The maximum absolute atomic E-state index is 5.24. The van der Waals surface area contributed by atoms with Gasteiger partial charge in [-0.05, 0) is 19.3 Å². The highest BCUT2D eigenvalue weighted by molar-refractivity contribution is 4.83. The molecule has 1 fully saturated rings. The maximum Gasteiger partial charge on any atom is 0.103 e. The predicted molar refractivity (Wildman–Crippen MR) is 39.6 cm³/mol. The van der Waals surface area contributed by atoms with Gasteiger partial charge in [0.25, 0.3) is 0 Å². The molecule has 0 aromatic carbocycles. The molecule has 1 aliphatic carbocycles. The summed E-state index contributed by atoms with van der Waals surface area (Å²) in [6, 6.07) is 0. The molecule has 2 nitrogen and oxygen atoms in total. The molecule has 1 saturated carbocycles. The Morgan fingerprint density at radius 2 is 1.90 bits per heavy atom. The molecule has 0 saturated heterocycles. The number of hydrogen-bond donors (Lipinski definition) is 0. The van der Waals surface area contributed by atoms with Gasteiger partial charge in [-0.3, -0.25) is 0 Å². The fourth-order valence-electron chi connectivity index (χ4n) is 1.69. The molecular formula is C8H16O2. The lowest BCUT2D eigenvalue weighted by atomic mass is 10.00. The minimum Gasteiger partial charge on any atom is -0.240 e. The lowest BCUT2D eigenvalue weighted by Gasteiger charge is -2.24. The van der Waals surface area contributed by atoms with Crippen molar-refractivity contribution in [1.82, 2.24) is 0 Å². The predicted octanol–water partition coefficient (Wildman–Crippen LogP) is 2.29. The molecule has 1 aliphatic rings. The van der Waals surface area contributed by atoms with E-state index in [-0.39, 0.29) is 5.60 Å². The van der Waals surface area contributed by atoms with E-state index in [1.807, 2.05) is 0 Å². The van der Waals surface area contributed by atoms with Crippen LogP contribution in [0.15, 0.2) is 0 Å². The lowest BCUT2D eigenvalue weighted by molar-refractivity contribution is -0.344. The molecular weight excluding hydrogens is 128 g/mol. The smallest absolute Gasteiger partial charge is 0.103 e. The number of rotatable bonds is 3. The molecule has 10 heavy (non-hydrogen) atoms. The second-order valence-electron chi connectivity index (χ2n) is 2.99. The van der Waals surface area contributed by atoms with E-state index >= 15 is 0 Å². The normalized spacial score (nSPS) is 23.4. The van der Waals surface area contributed by atoms with Gasteiger partial charge in [-0.1, -0.05) is 19.8 Å². The monoisotopic (exact) mass is 144 g/mol. The highest BCUT2D eigenvalue weighted by atomic mass is 17.2. The van der Waals surface area contributed by atoms with E-state index in [2.05, 4.69) is 6.92 Å². The highest BCUT2D eigenvalue weighted by Crippen LogP contribution is 2.35. The van der Waals surface area contributed by atoms with Crippen LogP contribution in [-0.2, 0) is 9.78 Å². The second kappa shape index (κ2) is 3.35. The summed E-state index contributed by atoms with van der Waals surface area (Å²) in [4.78, 5) is 9.96. The molecule has 0 bridgehead atoms. The van der Waals surface area contributed by atoms with E-state index in [1.54, 1.807) is 7.11 Å². The van der Waals surface area contributed by atoms with Crippen LogP contribution < -0.4 is 0 Å². The average molecular weight is 144 g/mol. The van der Waals surface area contributed by atoms with Crippen molar-refractivity contribution in [1.29, 1.82) is 0 Å². The SMILES string of the molecule is CCC1(OOC)CCCC1. The van der Waals surface area contributed by atoms with E-state index in [4.69, 9.17) is 9.78 Å². The Kier molecular flexibility index (Phi) is 2.69. The fourth-order valence-corrected chi connectivity index (χ4v) is 1.69. The summed E-state index contributed by atoms with van der Waals surface area (Å²) in [7, 11) is 1.59. The summed E-state index contributed by atoms with van der Waals surface area (Å²) < 4.78 is 0. The van der Waals surface area contributed by atoms with E-state index in [1.165, 1.54) is 12.8 Å². The quantitative estimate of drug-likeness (QED) is 0.447. The van der Waals surface area contributed by atoms with Crippen molar-refractivity contribution < 1.29 is 9.78 Å². The van der Waals surface area contributed by atoms with Crippen LogP contribution in [0.2, 0.25) is 0 Å².